The monoisotopic (exact) mass is 236 g/mol. The van der Waals surface area contributed by atoms with Crippen molar-refractivity contribution in [3.05, 3.63) is 29.8 Å². The van der Waals surface area contributed by atoms with Crippen LogP contribution in [-0.4, -0.2) is 25.6 Å². The van der Waals surface area contributed by atoms with Crippen molar-refractivity contribution in [1.82, 2.24) is 0 Å². The molecule has 1 fully saturated rings. The third-order valence-electron chi connectivity index (χ3n) is 3.07. The maximum atomic E-state index is 5.80. The zero-order valence-electron chi connectivity index (χ0n) is 10.6. The van der Waals surface area contributed by atoms with Crippen LogP contribution in [-0.2, 0) is 15.9 Å². The van der Waals surface area contributed by atoms with Crippen molar-refractivity contribution in [2.24, 2.45) is 0 Å². The van der Waals surface area contributed by atoms with Gasteiger partial charge in [-0.25, -0.2) is 0 Å². The van der Waals surface area contributed by atoms with Crippen LogP contribution in [0.1, 0.15) is 25.8 Å². The van der Waals surface area contributed by atoms with E-state index in [4.69, 9.17) is 14.2 Å². The zero-order chi connectivity index (χ0) is 12.1. The highest BCUT2D eigenvalue weighted by molar-refractivity contribution is 5.33. The lowest BCUT2D eigenvalue weighted by Gasteiger charge is -2.22. The van der Waals surface area contributed by atoms with Crippen molar-refractivity contribution in [1.29, 1.82) is 0 Å². The van der Waals surface area contributed by atoms with Gasteiger partial charge in [-0.05, 0) is 25.0 Å². The van der Waals surface area contributed by atoms with Crippen LogP contribution in [0.2, 0.25) is 0 Å². The summed E-state index contributed by atoms with van der Waals surface area (Å²) in [5.41, 5.74) is 1.24. The van der Waals surface area contributed by atoms with Crippen LogP contribution in [0.3, 0.4) is 0 Å². The second-order valence-corrected chi connectivity index (χ2v) is 4.39. The summed E-state index contributed by atoms with van der Waals surface area (Å²) >= 11 is 0. The predicted molar refractivity (Wildman–Crippen MR) is 66.2 cm³/mol. The molecule has 0 amide bonds. The minimum Gasteiger partial charge on any atom is -0.493 e. The molecule has 0 bridgehead atoms. The Labute approximate surface area is 103 Å². The maximum absolute atomic E-state index is 5.80. The maximum Gasteiger partial charge on any atom is 0.168 e. The fraction of sp³-hybridized carbons (Fsp3) is 0.571. The Hall–Kier alpha value is -1.06. The highest BCUT2D eigenvalue weighted by Crippen LogP contribution is 2.24. The molecule has 0 unspecified atom stereocenters. The Kier molecular flexibility index (Phi) is 4.02. The van der Waals surface area contributed by atoms with Crippen LogP contribution < -0.4 is 4.74 Å². The lowest BCUT2D eigenvalue weighted by molar-refractivity contribution is -0.150. The van der Waals surface area contributed by atoms with E-state index in [9.17, 15) is 0 Å². The molecule has 3 nitrogen and oxygen atoms in total. The number of ether oxygens (including phenoxy) is 3. The molecule has 2 rings (SSSR count). The average Bonchev–Trinajstić information content (AvgIpc) is 2.77. The van der Waals surface area contributed by atoms with Gasteiger partial charge in [-0.1, -0.05) is 25.1 Å². The van der Waals surface area contributed by atoms with Gasteiger partial charge in [0.2, 0.25) is 0 Å². The predicted octanol–water partition coefficient (Wildman–Crippen LogP) is 2.78. The van der Waals surface area contributed by atoms with Crippen molar-refractivity contribution in [3.63, 3.8) is 0 Å². The van der Waals surface area contributed by atoms with Gasteiger partial charge in [0.25, 0.3) is 0 Å². The first-order valence-corrected chi connectivity index (χ1v) is 6.22. The van der Waals surface area contributed by atoms with E-state index in [0.717, 1.165) is 18.6 Å². The first kappa shape index (κ1) is 12.4. The number of hydrogen-bond donors (Lipinski definition) is 0. The number of benzene rings is 1. The van der Waals surface area contributed by atoms with Crippen LogP contribution in [0.15, 0.2) is 24.3 Å². The van der Waals surface area contributed by atoms with E-state index in [0.29, 0.717) is 19.8 Å². The summed E-state index contributed by atoms with van der Waals surface area (Å²) in [6, 6.07) is 8.14. The summed E-state index contributed by atoms with van der Waals surface area (Å²) in [4.78, 5) is 0. The molecular formula is C14H20O3. The molecule has 0 atom stereocenters. The fourth-order valence-electron chi connectivity index (χ4n) is 1.98. The Bertz CT molecular complexity index is 356. The number of rotatable bonds is 5. The minimum atomic E-state index is -0.457. The molecule has 0 aliphatic carbocycles. The fourth-order valence-corrected chi connectivity index (χ4v) is 1.98. The highest BCUT2D eigenvalue weighted by atomic mass is 16.7. The molecule has 1 heterocycles. The van der Waals surface area contributed by atoms with Gasteiger partial charge in [-0.3, -0.25) is 0 Å². The number of hydrogen-bond acceptors (Lipinski definition) is 3. The highest BCUT2D eigenvalue weighted by Gasteiger charge is 2.30. The normalized spacial score (nSPS) is 18.2. The van der Waals surface area contributed by atoms with E-state index in [-0.39, 0.29) is 0 Å². The molecule has 0 aromatic heterocycles. The topological polar surface area (TPSA) is 27.7 Å². The molecular weight excluding hydrogens is 216 g/mol. The summed E-state index contributed by atoms with van der Waals surface area (Å²) in [6.45, 7) is 6.08. The van der Waals surface area contributed by atoms with E-state index >= 15 is 0 Å². The molecule has 0 N–H and O–H groups in total. The molecule has 1 aliphatic rings. The molecule has 1 aliphatic heterocycles. The third kappa shape index (κ3) is 3.20. The smallest absolute Gasteiger partial charge is 0.168 e. The van der Waals surface area contributed by atoms with Gasteiger partial charge in [0.15, 0.2) is 5.79 Å². The van der Waals surface area contributed by atoms with Gasteiger partial charge in [-0.15, -0.1) is 0 Å². The number of aryl methyl sites for hydroxylation is 1. The molecule has 94 valence electrons. The van der Waals surface area contributed by atoms with Crippen molar-refractivity contribution in [3.8, 4) is 5.75 Å². The van der Waals surface area contributed by atoms with Gasteiger partial charge in [-0.2, -0.15) is 0 Å². The van der Waals surface area contributed by atoms with Crippen LogP contribution in [0.25, 0.3) is 0 Å². The molecule has 0 radical (unpaired) electrons. The van der Waals surface area contributed by atoms with E-state index in [1.807, 2.05) is 25.1 Å². The van der Waals surface area contributed by atoms with Gasteiger partial charge < -0.3 is 14.2 Å². The van der Waals surface area contributed by atoms with Crippen LogP contribution in [0, 0.1) is 0 Å². The summed E-state index contributed by atoms with van der Waals surface area (Å²) < 4.78 is 16.9. The quantitative estimate of drug-likeness (QED) is 0.786. The van der Waals surface area contributed by atoms with Crippen molar-refractivity contribution in [2.45, 2.75) is 32.5 Å². The van der Waals surface area contributed by atoms with Crippen molar-refractivity contribution in [2.75, 3.05) is 19.8 Å². The Balaban J connectivity index is 1.85. The molecule has 1 aromatic rings. The van der Waals surface area contributed by atoms with Gasteiger partial charge in [0.1, 0.15) is 5.75 Å². The summed E-state index contributed by atoms with van der Waals surface area (Å²) in [6.07, 6.45) is 1.74. The van der Waals surface area contributed by atoms with Gasteiger partial charge >= 0.3 is 0 Å². The standard InChI is InChI=1S/C14H20O3/c1-3-12-6-4-5-7-13(12)15-9-8-14(2)16-10-11-17-14/h4-7H,3,8-11H2,1-2H3. The van der Waals surface area contributed by atoms with E-state index in [1.165, 1.54) is 5.56 Å². The van der Waals surface area contributed by atoms with Crippen molar-refractivity contribution >= 4 is 0 Å². The molecule has 3 heteroatoms. The first-order valence-electron chi connectivity index (χ1n) is 6.22. The Morgan fingerprint density at radius 2 is 1.94 bits per heavy atom. The average molecular weight is 236 g/mol. The summed E-state index contributed by atoms with van der Waals surface area (Å²) in [5.74, 6) is 0.512. The van der Waals surface area contributed by atoms with Gasteiger partial charge in [0, 0.05) is 6.42 Å². The van der Waals surface area contributed by atoms with E-state index in [1.54, 1.807) is 0 Å². The molecule has 0 spiro atoms. The van der Waals surface area contributed by atoms with Crippen LogP contribution in [0.5, 0.6) is 5.75 Å². The number of para-hydroxylation sites is 1. The van der Waals surface area contributed by atoms with Crippen molar-refractivity contribution < 1.29 is 14.2 Å². The second kappa shape index (κ2) is 5.52. The van der Waals surface area contributed by atoms with Crippen LogP contribution >= 0.6 is 0 Å². The van der Waals surface area contributed by atoms with Gasteiger partial charge in [0.05, 0.1) is 19.8 Å². The molecule has 1 aromatic carbocycles. The SMILES string of the molecule is CCc1ccccc1OCCC1(C)OCCO1. The minimum absolute atomic E-state index is 0.457. The molecule has 0 saturated carbocycles. The van der Waals surface area contributed by atoms with E-state index in [2.05, 4.69) is 13.0 Å². The Morgan fingerprint density at radius 3 is 2.65 bits per heavy atom. The lowest BCUT2D eigenvalue weighted by atomic mass is 10.1. The third-order valence-corrected chi connectivity index (χ3v) is 3.07. The second-order valence-electron chi connectivity index (χ2n) is 4.39. The molecule has 1 saturated heterocycles. The zero-order valence-corrected chi connectivity index (χ0v) is 10.6. The summed E-state index contributed by atoms with van der Waals surface area (Å²) in [7, 11) is 0. The largest absolute Gasteiger partial charge is 0.493 e. The van der Waals surface area contributed by atoms with Crippen LogP contribution in [0.4, 0.5) is 0 Å². The lowest BCUT2D eigenvalue weighted by Crippen LogP contribution is -2.28. The Morgan fingerprint density at radius 1 is 1.24 bits per heavy atom. The molecule has 17 heavy (non-hydrogen) atoms. The van der Waals surface area contributed by atoms with E-state index < -0.39 is 5.79 Å². The summed E-state index contributed by atoms with van der Waals surface area (Å²) in [5, 5.41) is 0. The first-order chi connectivity index (χ1) is 8.23.